The molecule has 1 aliphatic heterocycles. The molecular weight excluding hydrogens is 241 g/mol. The van der Waals surface area contributed by atoms with Crippen LogP contribution in [0.2, 0.25) is 0 Å². The van der Waals surface area contributed by atoms with Crippen LogP contribution in [-0.2, 0) is 6.42 Å². The van der Waals surface area contributed by atoms with Crippen LogP contribution in [-0.4, -0.2) is 11.5 Å². The van der Waals surface area contributed by atoms with Crippen molar-refractivity contribution in [1.29, 1.82) is 0 Å². The third-order valence-corrected chi connectivity index (χ3v) is 3.01. The molecule has 0 unspecified atom stereocenters. The normalized spacial score (nSPS) is 13.8. The van der Waals surface area contributed by atoms with Crippen molar-refractivity contribution >= 4 is 11.5 Å². The SMILES string of the molecule is Fc1cc(F)c(N2CCc3ccccc32)nc1F. The van der Waals surface area contributed by atoms with Crippen molar-refractivity contribution in [2.75, 3.05) is 11.4 Å². The van der Waals surface area contributed by atoms with E-state index in [-0.39, 0.29) is 5.82 Å². The van der Waals surface area contributed by atoms with Crippen LogP contribution >= 0.6 is 0 Å². The van der Waals surface area contributed by atoms with E-state index in [0.717, 1.165) is 17.7 Å². The molecule has 92 valence electrons. The topological polar surface area (TPSA) is 16.1 Å². The highest BCUT2D eigenvalue weighted by Crippen LogP contribution is 2.34. The Labute approximate surface area is 102 Å². The number of hydrogen-bond donors (Lipinski definition) is 0. The van der Waals surface area contributed by atoms with Gasteiger partial charge in [-0.1, -0.05) is 18.2 Å². The summed E-state index contributed by atoms with van der Waals surface area (Å²) in [6.45, 7) is 0.508. The zero-order chi connectivity index (χ0) is 12.7. The molecule has 2 aromatic rings. The molecule has 0 saturated heterocycles. The number of pyridine rings is 1. The van der Waals surface area contributed by atoms with Gasteiger partial charge in [-0.05, 0) is 18.1 Å². The van der Waals surface area contributed by atoms with Gasteiger partial charge < -0.3 is 4.90 Å². The number of aromatic nitrogens is 1. The summed E-state index contributed by atoms with van der Waals surface area (Å²) >= 11 is 0. The number of fused-ring (bicyclic) bond motifs is 1. The van der Waals surface area contributed by atoms with Gasteiger partial charge in [0.2, 0.25) is 0 Å². The van der Waals surface area contributed by atoms with Crippen LogP contribution in [0.5, 0.6) is 0 Å². The maximum atomic E-state index is 13.7. The van der Waals surface area contributed by atoms with E-state index in [2.05, 4.69) is 4.98 Å². The van der Waals surface area contributed by atoms with E-state index in [1.54, 1.807) is 4.90 Å². The smallest absolute Gasteiger partial charge is 0.251 e. The van der Waals surface area contributed by atoms with Gasteiger partial charge in [-0.2, -0.15) is 9.37 Å². The van der Waals surface area contributed by atoms with Gasteiger partial charge in [0.15, 0.2) is 17.5 Å². The second kappa shape index (κ2) is 4.01. The predicted molar refractivity (Wildman–Crippen MR) is 61.3 cm³/mol. The molecule has 1 aliphatic rings. The Morgan fingerprint density at radius 2 is 1.83 bits per heavy atom. The number of hydrogen-bond acceptors (Lipinski definition) is 2. The van der Waals surface area contributed by atoms with Crippen LogP contribution in [0.15, 0.2) is 30.3 Å². The lowest BCUT2D eigenvalue weighted by molar-refractivity contribution is 0.465. The van der Waals surface area contributed by atoms with Gasteiger partial charge in [-0.15, -0.1) is 0 Å². The third-order valence-electron chi connectivity index (χ3n) is 3.01. The largest absolute Gasteiger partial charge is 0.323 e. The molecule has 1 aromatic carbocycles. The molecular formula is C13H9F3N2. The van der Waals surface area contributed by atoms with Crippen LogP contribution in [0, 0.1) is 17.6 Å². The Balaban J connectivity index is 2.10. The summed E-state index contributed by atoms with van der Waals surface area (Å²) < 4.78 is 39.6. The van der Waals surface area contributed by atoms with Crippen molar-refractivity contribution in [3.05, 3.63) is 53.5 Å². The lowest BCUT2D eigenvalue weighted by Crippen LogP contribution is -2.17. The van der Waals surface area contributed by atoms with E-state index in [9.17, 15) is 13.2 Å². The number of anilines is 2. The second-order valence-corrected chi connectivity index (χ2v) is 4.10. The molecule has 0 N–H and O–H groups in total. The Kier molecular flexibility index (Phi) is 2.47. The van der Waals surface area contributed by atoms with Gasteiger partial charge in [-0.25, -0.2) is 8.78 Å². The fourth-order valence-electron chi connectivity index (χ4n) is 2.18. The van der Waals surface area contributed by atoms with Gasteiger partial charge in [0.1, 0.15) is 0 Å². The van der Waals surface area contributed by atoms with Crippen molar-refractivity contribution < 1.29 is 13.2 Å². The highest BCUT2D eigenvalue weighted by molar-refractivity contribution is 5.67. The molecule has 0 amide bonds. The summed E-state index contributed by atoms with van der Waals surface area (Å²) in [5.74, 6) is -3.58. The summed E-state index contributed by atoms with van der Waals surface area (Å²) in [6.07, 6.45) is 0.732. The van der Waals surface area contributed by atoms with E-state index in [0.29, 0.717) is 12.6 Å². The van der Waals surface area contributed by atoms with Crippen LogP contribution < -0.4 is 4.90 Å². The number of nitrogens with zero attached hydrogens (tertiary/aromatic N) is 2. The molecule has 2 heterocycles. The fourth-order valence-corrected chi connectivity index (χ4v) is 2.18. The average Bonchev–Trinajstić information content (AvgIpc) is 2.78. The molecule has 2 nitrogen and oxygen atoms in total. The first kappa shape index (κ1) is 11.1. The molecule has 5 heteroatoms. The molecule has 0 fully saturated rings. The van der Waals surface area contributed by atoms with Crippen molar-refractivity contribution in [1.82, 2.24) is 4.98 Å². The van der Waals surface area contributed by atoms with Crippen molar-refractivity contribution in [3.8, 4) is 0 Å². The van der Waals surface area contributed by atoms with Crippen molar-refractivity contribution in [3.63, 3.8) is 0 Å². The van der Waals surface area contributed by atoms with E-state index < -0.39 is 17.6 Å². The average molecular weight is 250 g/mol. The first-order valence-electron chi connectivity index (χ1n) is 5.54. The number of halogens is 3. The summed E-state index contributed by atoms with van der Waals surface area (Å²) in [7, 11) is 0. The lowest BCUT2D eigenvalue weighted by Gasteiger charge is -2.18. The standard InChI is InChI=1S/C13H9F3N2/c14-9-7-10(15)13(17-12(9)16)18-6-5-8-3-1-2-4-11(8)18/h1-4,7H,5-6H2. The summed E-state index contributed by atoms with van der Waals surface area (Å²) in [4.78, 5) is 4.93. The monoisotopic (exact) mass is 250 g/mol. The predicted octanol–water partition coefficient (Wildman–Crippen LogP) is 3.19. The fraction of sp³-hybridized carbons (Fsp3) is 0.154. The van der Waals surface area contributed by atoms with Crippen molar-refractivity contribution in [2.45, 2.75) is 6.42 Å². The number of benzene rings is 1. The third kappa shape index (κ3) is 1.63. The molecule has 0 radical (unpaired) electrons. The summed E-state index contributed by atoms with van der Waals surface area (Å²) in [5, 5.41) is 0. The lowest BCUT2D eigenvalue weighted by atomic mass is 10.2. The Morgan fingerprint density at radius 3 is 2.67 bits per heavy atom. The highest BCUT2D eigenvalue weighted by Gasteiger charge is 2.24. The zero-order valence-electron chi connectivity index (χ0n) is 9.33. The minimum absolute atomic E-state index is 0.168. The van der Waals surface area contributed by atoms with Gasteiger partial charge in [-0.3, -0.25) is 0 Å². The van der Waals surface area contributed by atoms with Gasteiger partial charge >= 0.3 is 0 Å². The van der Waals surface area contributed by atoms with Gasteiger partial charge in [0.05, 0.1) is 0 Å². The Hall–Kier alpha value is -2.04. The van der Waals surface area contributed by atoms with E-state index >= 15 is 0 Å². The molecule has 18 heavy (non-hydrogen) atoms. The first-order valence-corrected chi connectivity index (χ1v) is 5.54. The second-order valence-electron chi connectivity index (χ2n) is 4.10. The van der Waals surface area contributed by atoms with Crippen LogP contribution in [0.1, 0.15) is 5.56 Å². The first-order chi connectivity index (χ1) is 8.66. The van der Waals surface area contributed by atoms with E-state index in [1.807, 2.05) is 24.3 Å². The molecule has 0 saturated carbocycles. The molecule has 0 atom stereocenters. The summed E-state index contributed by atoms with van der Waals surface area (Å²) in [6, 6.07) is 7.96. The van der Waals surface area contributed by atoms with Crippen LogP contribution in [0.25, 0.3) is 0 Å². The quantitative estimate of drug-likeness (QED) is 0.722. The van der Waals surface area contributed by atoms with E-state index in [1.165, 1.54) is 0 Å². The van der Waals surface area contributed by atoms with Crippen molar-refractivity contribution in [2.24, 2.45) is 0 Å². The minimum Gasteiger partial charge on any atom is -0.323 e. The highest BCUT2D eigenvalue weighted by atomic mass is 19.2. The Bertz CT molecular complexity index is 613. The van der Waals surface area contributed by atoms with Crippen LogP contribution in [0.4, 0.5) is 24.7 Å². The molecule has 3 rings (SSSR count). The number of para-hydroxylation sites is 1. The van der Waals surface area contributed by atoms with Crippen LogP contribution in [0.3, 0.4) is 0 Å². The molecule has 0 bridgehead atoms. The Morgan fingerprint density at radius 1 is 1.06 bits per heavy atom. The molecule has 1 aromatic heterocycles. The summed E-state index contributed by atoms with van der Waals surface area (Å²) in [5.41, 5.74) is 1.83. The maximum Gasteiger partial charge on any atom is 0.251 e. The maximum absolute atomic E-state index is 13.7. The molecule has 0 aliphatic carbocycles. The zero-order valence-corrected chi connectivity index (χ0v) is 9.33. The minimum atomic E-state index is -1.28. The van der Waals surface area contributed by atoms with Gasteiger partial charge in [0.25, 0.3) is 5.95 Å². The van der Waals surface area contributed by atoms with Gasteiger partial charge in [0, 0.05) is 18.3 Å². The van der Waals surface area contributed by atoms with E-state index in [4.69, 9.17) is 0 Å². The molecule has 0 spiro atoms. The number of rotatable bonds is 1.